The fourth-order valence-corrected chi connectivity index (χ4v) is 4.64. The highest BCUT2D eigenvalue weighted by molar-refractivity contribution is 7.99. The maximum Gasteiger partial charge on any atom is 0.173 e. The van der Waals surface area contributed by atoms with Crippen molar-refractivity contribution in [2.75, 3.05) is 23.7 Å². The van der Waals surface area contributed by atoms with Crippen LogP contribution in [-0.4, -0.2) is 29.9 Å². The molecule has 5 heteroatoms. The van der Waals surface area contributed by atoms with Crippen molar-refractivity contribution in [3.05, 3.63) is 23.8 Å². The topological polar surface area (TPSA) is 61.8 Å². The molecule has 1 aliphatic heterocycles. The molecule has 0 radical (unpaired) electrons. The number of nitrogens with zero attached hydrogens (tertiary/aromatic N) is 2. The number of benzene rings is 1. The first kappa shape index (κ1) is 14.6. The zero-order valence-corrected chi connectivity index (χ0v) is 13.3. The van der Waals surface area contributed by atoms with Crippen LogP contribution in [0.1, 0.15) is 31.7 Å². The van der Waals surface area contributed by atoms with Crippen molar-refractivity contribution in [2.45, 2.75) is 31.1 Å². The Labute approximate surface area is 130 Å². The van der Waals surface area contributed by atoms with Gasteiger partial charge in [-0.15, -0.1) is 11.8 Å². The van der Waals surface area contributed by atoms with Crippen molar-refractivity contribution in [3.63, 3.8) is 0 Å². The minimum atomic E-state index is 0.221. The van der Waals surface area contributed by atoms with Crippen LogP contribution in [0, 0.1) is 11.8 Å². The second-order valence-corrected chi connectivity index (χ2v) is 7.23. The first-order chi connectivity index (χ1) is 10.2. The van der Waals surface area contributed by atoms with Gasteiger partial charge in [0.2, 0.25) is 0 Å². The van der Waals surface area contributed by atoms with E-state index in [-0.39, 0.29) is 5.84 Å². The summed E-state index contributed by atoms with van der Waals surface area (Å²) in [5.41, 5.74) is 7.99. The molecule has 1 aliphatic carbocycles. The van der Waals surface area contributed by atoms with Crippen molar-refractivity contribution in [1.82, 2.24) is 0 Å². The van der Waals surface area contributed by atoms with Crippen LogP contribution in [0.25, 0.3) is 0 Å². The summed E-state index contributed by atoms with van der Waals surface area (Å²) >= 11 is 1.74. The van der Waals surface area contributed by atoms with Gasteiger partial charge in [0.05, 0.1) is 5.56 Å². The normalized spacial score (nSPS) is 25.4. The number of rotatable bonds is 4. The molecule has 4 nitrogen and oxygen atoms in total. The fraction of sp³-hybridized carbons (Fsp3) is 0.562. The molecule has 2 fully saturated rings. The van der Waals surface area contributed by atoms with E-state index in [9.17, 15) is 0 Å². The molecule has 0 aromatic heterocycles. The van der Waals surface area contributed by atoms with Crippen molar-refractivity contribution < 1.29 is 5.21 Å². The molecule has 2 unspecified atom stereocenters. The Balaban J connectivity index is 1.96. The van der Waals surface area contributed by atoms with Crippen LogP contribution in [-0.2, 0) is 0 Å². The van der Waals surface area contributed by atoms with E-state index in [1.165, 1.54) is 19.3 Å². The number of fused-ring (bicyclic) bond motifs is 1. The van der Waals surface area contributed by atoms with Crippen molar-refractivity contribution in [1.29, 1.82) is 0 Å². The number of amidine groups is 1. The highest BCUT2D eigenvalue weighted by Crippen LogP contribution is 2.41. The molecule has 1 saturated carbocycles. The van der Waals surface area contributed by atoms with E-state index in [4.69, 9.17) is 10.9 Å². The Morgan fingerprint density at radius 3 is 2.71 bits per heavy atom. The summed E-state index contributed by atoms with van der Waals surface area (Å²) in [6.07, 6.45) is 4.08. The lowest BCUT2D eigenvalue weighted by Crippen LogP contribution is -2.26. The Bertz CT molecular complexity index is 534. The van der Waals surface area contributed by atoms with Gasteiger partial charge in [-0.3, -0.25) is 0 Å². The number of thioether (sulfide) groups is 1. The third-order valence-corrected chi connectivity index (χ3v) is 5.67. The molecule has 0 bridgehead atoms. The molecule has 0 amide bonds. The van der Waals surface area contributed by atoms with E-state index in [1.54, 1.807) is 11.8 Å². The number of hydrogen-bond acceptors (Lipinski definition) is 4. The van der Waals surface area contributed by atoms with Crippen LogP contribution in [0.2, 0.25) is 0 Å². The van der Waals surface area contributed by atoms with E-state index in [1.807, 2.05) is 0 Å². The highest BCUT2D eigenvalue weighted by atomic mass is 32.2. The van der Waals surface area contributed by atoms with Crippen molar-refractivity contribution in [2.24, 2.45) is 22.7 Å². The molecule has 2 aliphatic rings. The van der Waals surface area contributed by atoms with E-state index in [0.717, 1.165) is 46.8 Å². The highest BCUT2D eigenvalue weighted by Gasteiger charge is 2.37. The third kappa shape index (κ3) is 2.71. The van der Waals surface area contributed by atoms with Gasteiger partial charge in [0.15, 0.2) is 5.84 Å². The van der Waals surface area contributed by atoms with E-state index in [2.05, 4.69) is 35.2 Å². The quantitative estimate of drug-likeness (QED) is 0.295. The molecule has 1 aromatic rings. The predicted molar refractivity (Wildman–Crippen MR) is 88.4 cm³/mol. The SMILES string of the molecule is CCSc1cccc(N2CC3CCCC3C2)c1/C(N)=N/O. The first-order valence-electron chi connectivity index (χ1n) is 7.73. The Kier molecular flexibility index (Phi) is 4.29. The van der Waals surface area contributed by atoms with Gasteiger partial charge in [0.25, 0.3) is 0 Å². The number of hydrogen-bond donors (Lipinski definition) is 2. The zero-order chi connectivity index (χ0) is 14.8. The Morgan fingerprint density at radius 2 is 2.10 bits per heavy atom. The Hall–Kier alpha value is -1.36. The van der Waals surface area contributed by atoms with Crippen LogP contribution >= 0.6 is 11.8 Å². The average molecular weight is 305 g/mol. The minimum Gasteiger partial charge on any atom is -0.409 e. The molecular formula is C16H23N3OS. The summed E-state index contributed by atoms with van der Waals surface area (Å²) in [4.78, 5) is 3.53. The van der Waals surface area contributed by atoms with Crippen LogP contribution < -0.4 is 10.6 Å². The summed E-state index contributed by atoms with van der Waals surface area (Å²) in [6, 6.07) is 6.24. The molecule has 1 saturated heterocycles. The summed E-state index contributed by atoms with van der Waals surface area (Å²) in [7, 11) is 0. The van der Waals surface area contributed by atoms with Gasteiger partial charge in [-0.05, 0) is 42.6 Å². The van der Waals surface area contributed by atoms with E-state index >= 15 is 0 Å². The van der Waals surface area contributed by atoms with E-state index in [0.29, 0.717) is 0 Å². The maximum atomic E-state index is 9.14. The second kappa shape index (κ2) is 6.18. The lowest BCUT2D eigenvalue weighted by Gasteiger charge is -2.24. The molecule has 21 heavy (non-hydrogen) atoms. The van der Waals surface area contributed by atoms with Gasteiger partial charge in [-0.2, -0.15) is 0 Å². The van der Waals surface area contributed by atoms with Gasteiger partial charge in [0.1, 0.15) is 0 Å². The number of nitrogens with two attached hydrogens (primary N) is 1. The average Bonchev–Trinajstić information content (AvgIpc) is 3.08. The maximum absolute atomic E-state index is 9.14. The molecule has 3 N–H and O–H groups in total. The molecule has 114 valence electrons. The summed E-state index contributed by atoms with van der Waals surface area (Å²) in [6.45, 7) is 4.33. The van der Waals surface area contributed by atoms with Crippen LogP contribution in [0.15, 0.2) is 28.3 Å². The molecule has 0 spiro atoms. The first-order valence-corrected chi connectivity index (χ1v) is 8.71. The summed E-state index contributed by atoms with van der Waals surface area (Å²) < 4.78 is 0. The van der Waals surface area contributed by atoms with Crippen LogP contribution in [0.4, 0.5) is 5.69 Å². The number of oxime groups is 1. The lowest BCUT2D eigenvalue weighted by molar-refractivity contribution is 0.318. The summed E-state index contributed by atoms with van der Waals surface area (Å²) in [5, 5.41) is 12.4. The number of anilines is 1. The summed E-state index contributed by atoms with van der Waals surface area (Å²) in [5.74, 6) is 2.85. The lowest BCUT2D eigenvalue weighted by atomic mass is 10.0. The van der Waals surface area contributed by atoms with Crippen LogP contribution in [0.3, 0.4) is 0 Å². The smallest absolute Gasteiger partial charge is 0.173 e. The standard InChI is InChI=1S/C16H23N3OS/c1-2-21-14-8-4-7-13(15(14)16(17)18-20)19-9-11-5-3-6-12(11)10-19/h4,7-8,11-12,20H,2-3,5-6,9-10H2,1H3,(H2,17,18). The van der Waals surface area contributed by atoms with E-state index < -0.39 is 0 Å². The third-order valence-electron chi connectivity index (χ3n) is 4.73. The molecular weight excluding hydrogens is 282 g/mol. The van der Waals surface area contributed by atoms with Gasteiger partial charge >= 0.3 is 0 Å². The minimum absolute atomic E-state index is 0.221. The second-order valence-electron chi connectivity index (χ2n) is 5.92. The fourth-order valence-electron chi connectivity index (χ4n) is 3.80. The van der Waals surface area contributed by atoms with Gasteiger partial charge in [-0.25, -0.2) is 0 Å². The van der Waals surface area contributed by atoms with Crippen LogP contribution in [0.5, 0.6) is 0 Å². The largest absolute Gasteiger partial charge is 0.409 e. The predicted octanol–water partition coefficient (Wildman–Crippen LogP) is 3.13. The zero-order valence-electron chi connectivity index (χ0n) is 12.5. The van der Waals surface area contributed by atoms with Gasteiger partial charge in [0, 0.05) is 23.7 Å². The molecule has 3 rings (SSSR count). The van der Waals surface area contributed by atoms with Crippen molar-refractivity contribution >= 4 is 23.3 Å². The van der Waals surface area contributed by atoms with Gasteiger partial charge < -0.3 is 15.8 Å². The molecule has 1 heterocycles. The molecule has 1 aromatic carbocycles. The molecule has 2 atom stereocenters. The van der Waals surface area contributed by atoms with Crippen molar-refractivity contribution in [3.8, 4) is 0 Å². The Morgan fingerprint density at radius 1 is 1.38 bits per heavy atom. The monoisotopic (exact) mass is 305 g/mol. The van der Waals surface area contributed by atoms with Gasteiger partial charge in [-0.1, -0.05) is 24.6 Å².